The highest BCUT2D eigenvalue weighted by atomic mass is 32.2. The van der Waals surface area contributed by atoms with Gasteiger partial charge in [-0.15, -0.1) is 0 Å². The van der Waals surface area contributed by atoms with Crippen molar-refractivity contribution >= 4 is 31.5 Å². The summed E-state index contributed by atoms with van der Waals surface area (Å²) in [6, 6.07) is 18.3. The second-order valence-corrected chi connectivity index (χ2v) is 10.3. The van der Waals surface area contributed by atoms with Gasteiger partial charge in [0.15, 0.2) is 5.03 Å². The third-order valence-corrected chi connectivity index (χ3v) is 7.94. The van der Waals surface area contributed by atoms with E-state index in [0.717, 1.165) is 31.4 Å². The molecular weight excluding hydrogens is 422 g/mol. The molecule has 0 aliphatic carbocycles. The number of aromatic amines is 1. The fraction of sp³-hybridized carbons (Fsp3) is 0.320. The first-order chi connectivity index (χ1) is 15.6. The van der Waals surface area contributed by atoms with E-state index in [0.29, 0.717) is 22.0 Å². The number of aromatic nitrogens is 2. The first-order valence-electron chi connectivity index (χ1n) is 11.2. The van der Waals surface area contributed by atoms with Crippen LogP contribution in [-0.2, 0) is 9.84 Å². The molecule has 1 aliphatic heterocycles. The number of rotatable bonds is 7. The molecule has 1 fully saturated rings. The van der Waals surface area contributed by atoms with Crippen molar-refractivity contribution in [3.8, 4) is 5.75 Å². The van der Waals surface area contributed by atoms with Crippen LogP contribution in [0, 0.1) is 0 Å². The van der Waals surface area contributed by atoms with Gasteiger partial charge in [-0.3, -0.25) is 10.00 Å². The van der Waals surface area contributed by atoms with Gasteiger partial charge in [0.25, 0.3) is 0 Å². The molecule has 166 valence electrons. The van der Waals surface area contributed by atoms with Gasteiger partial charge in [0.1, 0.15) is 11.9 Å². The molecule has 2 heterocycles. The molecule has 7 heteroatoms. The van der Waals surface area contributed by atoms with E-state index in [4.69, 9.17) is 4.74 Å². The molecule has 1 atom stereocenters. The fourth-order valence-electron chi connectivity index (χ4n) is 4.45. The minimum absolute atomic E-state index is 0.102. The van der Waals surface area contributed by atoms with Crippen molar-refractivity contribution in [2.24, 2.45) is 0 Å². The number of ether oxygens (including phenoxy) is 1. The van der Waals surface area contributed by atoms with E-state index in [-0.39, 0.29) is 16.0 Å². The van der Waals surface area contributed by atoms with Crippen molar-refractivity contribution in [3.63, 3.8) is 0 Å². The molecule has 1 N–H and O–H groups in total. The van der Waals surface area contributed by atoms with Crippen LogP contribution in [0.2, 0.25) is 0 Å². The SMILES string of the molecule is CCCCN1CCC(Oc2ccc3n[nH]c(S(=O)(=O)c4cccc5ccccc45)c3c2)C1. The van der Waals surface area contributed by atoms with E-state index in [1.165, 1.54) is 12.8 Å². The zero-order valence-electron chi connectivity index (χ0n) is 18.1. The average Bonchev–Trinajstić information content (AvgIpc) is 3.44. The summed E-state index contributed by atoms with van der Waals surface area (Å²) in [5.41, 5.74) is 0.604. The molecule has 32 heavy (non-hydrogen) atoms. The van der Waals surface area contributed by atoms with Gasteiger partial charge in [0.2, 0.25) is 9.84 Å². The van der Waals surface area contributed by atoms with Crippen LogP contribution in [0.3, 0.4) is 0 Å². The second kappa shape index (κ2) is 8.56. The Labute approximate surface area is 188 Å². The van der Waals surface area contributed by atoms with Crippen molar-refractivity contribution in [2.75, 3.05) is 19.6 Å². The summed E-state index contributed by atoms with van der Waals surface area (Å²) in [6.45, 7) is 5.25. The Bertz CT molecular complexity index is 1360. The molecule has 0 saturated carbocycles. The van der Waals surface area contributed by atoms with Crippen molar-refractivity contribution in [2.45, 2.75) is 42.2 Å². The summed E-state index contributed by atoms with van der Waals surface area (Å²) < 4.78 is 33.4. The van der Waals surface area contributed by atoms with Gasteiger partial charge in [0.05, 0.1) is 10.4 Å². The van der Waals surface area contributed by atoms with Crippen LogP contribution < -0.4 is 4.74 Å². The second-order valence-electron chi connectivity index (χ2n) is 8.40. The molecule has 5 rings (SSSR count). The van der Waals surface area contributed by atoms with E-state index < -0.39 is 9.84 Å². The summed E-state index contributed by atoms with van der Waals surface area (Å²) in [4.78, 5) is 2.70. The van der Waals surface area contributed by atoms with Crippen LogP contribution in [0.4, 0.5) is 0 Å². The van der Waals surface area contributed by atoms with Crippen molar-refractivity contribution in [3.05, 3.63) is 60.7 Å². The molecule has 1 aliphatic rings. The monoisotopic (exact) mass is 449 g/mol. The lowest BCUT2D eigenvalue weighted by Crippen LogP contribution is -2.25. The topological polar surface area (TPSA) is 75.3 Å². The Kier molecular flexibility index (Phi) is 5.61. The third-order valence-electron chi connectivity index (χ3n) is 6.16. The fourth-order valence-corrected chi connectivity index (χ4v) is 6.03. The van der Waals surface area contributed by atoms with Crippen molar-refractivity contribution in [1.29, 1.82) is 0 Å². The quantitative estimate of drug-likeness (QED) is 0.439. The molecule has 0 spiro atoms. The molecule has 0 amide bonds. The normalized spacial score (nSPS) is 17.3. The van der Waals surface area contributed by atoms with E-state index >= 15 is 0 Å². The molecule has 0 radical (unpaired) electrons. The number of nitrogens with zero attached hydrogens (tertiary/aromatic N) is 2. The standard InChI is InChI=1S/C25H27N3O3S/c1-2-3-14-28-15-13-20(17-28)31-19-11-12-23-22(16-19)25(27-26-23)32(29,30)24-10-6-8-18-7-4-5-9-21(18)24/h4-12,16,20H,2-3,13-15,17H2,1H3,(H,26,27). The number of benzene rings is 3. The number of unbranched alkanes of at least 4 members (excludes halogenated alkanes) is 1. The van der Waals surface area contributed by atoms with Gasteiger partial charge in [-0.05, 0) is 49.0 Å². The Morgan fingerprint density at radius 2 is 1.94 bits per heavy atom. The third kappa shape index (κ3) is 3.87. The summed E-state index contributed by atoms with van der Waals surface area (Å²) in [5.74, 6) is 0.676. The lowest BCUT2D eigenvalue weighted by molar-refractivity contribution is 0.200. The van der Waals surface area contributed by atoms with Crippen LogP contribution in [0.15, 0.2) is 70.6 Å². The highest BCUT2D eigenvalue weighted by Gasteiger charge is 2.27. The van der Waals surface area contributed by atoms with Crippen LogP contribution in [0.1, 0.15) is 26.2 Å². The number of fused-ring (bicyclic) bond motifs is 2. The zero-order chi connectivity index (χ0) is 22.1. The molecule has 1 aromatic heterocycles. The van der Waals surface area contributed by atoms with Gasteiger partial charge in [0, 0.05) is 23.9 Å². The predicted molar refractivity (Wildman–Crippen MR) is 126 cm³/mol. The maximum Gasteiger partial charge on any atom is 0.224 e. The molecule has 1 saturated heterocycles. The van der Waals surface area contributed by atoms with Crippen molar-refractivity contribution in [1.82, 2.24) is 15.1 Å². The Balaban J connectivity index is 1.46. The van der Waals surface area contributed by atoms with Gasteiger partial charge in [-0.25, -0.2) is 8.42 Å². The highest BCUT2D eigenvalue weighted by molar-refractivity contribution is 7.91. The summed E-state index contributed by atoms with van der Waals surface area (Å²) in [7, 11) is -3.79. The largest absolute Gasteiger partial charge is 0.489 e. The lowest BCUT2D eigenvalue weighted by Gasteiger charge is -2.16. The lowest BCUT2D eigenvalue weighted by atomic mass is 10.1. The van der Waals surface area contributed by atoms with E-state index in [1.807, 2.05) is 42.5 Å². The maximum atomic E-state index is 13.6. The van der Waals surface area contributed by atoms with Crippen LogP contribution >= 0.6 is 0 Å². The number of hydrogen-bond acceptors (Lipinski definition) is 5. The first kappa shape index (κ1) is 21.0. The number of hydrogen-bond donors (Lipinski definition) is 1. The summed E-state index contributed by atoms with van der Waals surface area (Å²) in [6.07, 6.45) is 3.49. The number of likely N-dealkylation sites (tertiary alicyclic amines) is 1. The number of sulfone groups is 1. The van der Waals surface area contributed by atoms with E-state index in [9.17, 15) is 8.42 Å². The average molecular weight is 450 g/mol. The zero-order valence-corrected chi connectivity index (χ0v) is 18.9. The minimum atomic E-state index is -3.79. The van der Waals surface area contributed by atoms with E-state index in [2.05, 4.69) is 22.0 Å². The molecular formula is C25H27N3O3S. The van der Waals surface area contributed by atoms with Crippen molar-refractivity contribution < 1.29 is 13.2 Å². The van der Waals surface area contributed by atoms with Crippen LogP contribution in [0.5, 0.6) is 5.75 Å². The predicted octanol–water partition coefficient (Wildman–Crippen LogP) is 4.80. The highest BCUT2D eigenvalue weighted by Crippen LogP contribution is 2.33. The van der Waals surface area contributed by atoms with Gasteiger partial charge in [-0.2, -0.15) is 5.10 Å². The summed E-state index contributed by atoms with van der Waals surface area (Å²) >= 11 is 0. The maximum absolute atomic E-state index is 13.6. The first-order valence-corrected chi connectivity index (χ1v) is 12.6. The number of nitrogens with one attached hydrogen (secondary N) is 1. The van der Waals surface area contributed by atoms with E-state index in [1.54, 1.807) is 18.2 Å². The Morgan fingerprint density at radius 3 is 2.81 bits per heavy atom. The summed E-state index contributed by atoms with van der Waals surface area (Å²) in [5, 5.41) is 9.24. The van der Waals surface area contributed by atoms with Crippen LogP contribution in [-0.4, -0.2) is 49.3 Å². The molecule has 6 nitrogen and oxygen atoms in total. The van der Waals surface area contributed by atoms with Gasteiger partial charge >= 0.3 is 0 Å². The van der Waals surface area contributed by atoms with Crippen LogP contribution in [0.25, 0.3) is 21.7 Å². The Hall–Kier alpha value is -2.90. The smallest absolute Gasteiger partial charge is 0.224 e. The van der Waals surface area contributed by atoms with Gasteiger partial charge < -0.3 is 4.74 Å². The van der Waals surface area contributed by atoms with Gasteiger partial charge in [-0.1, -0.05) is 49.7 Å². The molecule has 4 aromatic rings. The minimum Gasteiger partial charge on any atom is -0.489 e. The molecule has 1 unspecified atom stereocenters. The molecule has 3 aromatic carbocycles. The molecule has 0 bridgehead atoms. The number of H-pyrrole nitrogens is 1. The Morgan fingerprint density at radius 1 is 1.09 bits per heavy atom.